The number of para-hydroxylation sites is 1. The van der Waals surface area contributed by atoms with Gasteiger partial charge in [-0.15, -0.1) is 0 Å². The zero-order chi connectivity index (χ0) is 18.5. The molecule has 0 saturated carbocycles. The number of carbonyl (C=O) groups excluding carboxylic acids is 3. The summed E-state index contributed by atoms with van der Waals surface area (Å²) in [5.41, 5.74) is 1.61. The van der Waals surface area contributed by atoms with Crippen LogP contribution in [0.3, 0.4) is 0 Å². The van der Waals surface area contributed by atoms with E-state index in [1.165, 1.54) is 6.92 Å². The molecule has 0 spiro atoms. The zero-order valence-corrected chi connectivity index (χ0v) is 14.5. The Labute approximate surface area is 151 Å². The molecule has 1 aliphatic heterocycles. The third-order valence-electron chi connectivity index (χ3n) is 4.16. The average molecular weight is 352 g/mol. The predicted octanol–water partition coefficient (Wildman–Crippen LogP) is 3.00. The molecule has 3 rings (SSSR count). The number of esters is 1. The summed E-state index contributed by atoms with van der Waals surface area (Å²) in [6, 6.07) is 15.7. The summed E-state index contributed by atoms with van der Waals surface area (Å²) >= 11 is 0. The van der Waals surface area contributed by atoms with Crippen LogP contribution in [-0.4, -0.2) is 30.4 Å². The maximum atomic E-state index is 12.4. The van der Waals surface area contributed by atoms with Crippen molar-refractivity contribution in [1.29, 1.82) is 0 Å². The second kappa shape index (κ2) is 7.82. The number of amides is 2. The summed E-state index contributed by atoms with van der Waals surface area (Å²) < 4.78 is 5.26. The van der Waals surface area contributed by atoms with E-state index >= 15 is 0 Å². The van der Waals surface area contributed by atoms with Crippen LogP contribution in [-0.2, 0) is 14.3 Å². The summed E-state index contributed by atoms with van der Waals surface area (Å²) in [7, 11) is 0. The lowest BCUT2D eigenvalue weighted by molar-refractivity contribution is -0.123. The van der Waals surface area contributed by atoms with Gasteiger partial charge in [-0.05, 0) is 43.7 Å². The fourth-order valence-electron chi connectivity index (χ4n) is 2.77. The van der Waals surface area contributed by atoms with Crippen LogP contribution in [0, 0.1) is 0 Å². The predicted molar refractivity (Wildman–Crippen MR) is 98.0 cm³/mol. The maximum Gasteiger partial charge on any atom is 0.338 e. The largest absolute Gasteiger partial charge is 0.449 e. The van der Waals surface area contributed by atoms with E-state index in [-0.39, 0.29) is 5.91 Å². The van der Waals surface area contributed by atoms with E-state index in [0.717, 1.165) is 6.42 Å². The molecule has 0 unspecified atom stereocenters. The van der Waals surface area contributed by atoms with Gasteiger partial charge in [-0.25, -0.2) is 4.79 Å². The van der Waals surface area contributed by atoms with Crippen molar-refractivity contribution in [3.05, 3.63) is 60.2 Å². The highest BCUT2D eigenvalue weighted by atomic mass is 16.5. The number of nitrogens with zero attached hydrogens (tertiary/aromatic N) is 1. The van der Waals surface area contributed by atoms with Crippen molar-refractivity contribution in [2.75, 3.05) is 16.8 Å². The Bertz CT molecular complexity index is 820. The monoisotopic (exact) mass is 352 g/mol. The minimum atomic E-state index is -0.945. The van der Waals surface area contributed by atoms with Gasteiger partial charge in [0.2, 0.25) is 5.91 Å². The number of hydrogen-bond acceptors (Lipinski definition) is 4. The second-order valence-corrected chi connectivity index (χ2v) is 6.10. The molecular weight excluding hydrogens is 332 g/mol. The second-order valence-electron chi connectivity index (χ2n) is 6.10. The van der Waals surface area contributed by atoms with Crippen LogP contribution in [0.25, 0.3) is 0 Å². The number of anilines is 2. The van der Waals surface area contributed by atoms with Crippen LogP contribution in [0.4, 0.5) is 11.4 Å². The van der Waals surface area contributed by atoms with Crippen LogP contribution >= 0.6 is 0 Å². The lowest BCUT2D eigenvalue weighted by Gasteiger charge is -2.17. The van der Waals surface area contributed by atoms with Crippen molar-refractivity contribution >= 4 is 29.2 Å². The highest BCUT2D eigenvalue weighted by molar-refractivity contribution is 5.99. The van der Waals surface area contributed by atoms with Crippen LogP contribution in [0.2, 0.25) is 0 Å². The number of ether oxygens (including phenoxy) is 1. The van der Waals surface area contributed by atoms with Gasteiger partial charge in [0.15, 0.2) is 6.10 Å². The first-order chi connectivity index (χ1) is 12.5. The van der Waals surface area contributed by atoms with Crippen LogP contribution in [0.1, 0.15) is 30.1 Å². The Morgan fingerprint density at radius 2 is 1.88 bits per heavy atom. The SMILES string of the molecule is C[C@@H](OC(=O)c1cccc(N2CCCC2=O)c1)C(=O)Nc1ccccc1. The zero-order valence-electron chi connectivity index (χ0n) is 14.5. The van der Waals surface area contributed by atoms with E-state index in [0.29, 0.717) is 29.9 Å². The van der Waals surface area contributed by atoms with E-state index < -0.39 is 18.0 Å². The molecule has 1 atom stereocenters. The van der Waals surface area contributed by atoms with Crippen LogP contribution in [0.5, 0.6) is 0 Å². The normalized spacial score (nSPS) is 14.8. The van der Waals surface area contributed by atoms with E-state index in [9.17, 15) is 14.4 Å². The molecule has 1 aliphatic rings. The summed E-state index contributed by atoms with van der Waals surface area (Å²) in [5.74, 6) is -0.962. The first-order valence-electron chi connectivity index (χ1n) is 8.52. The standard InChI is InChI=1S/C20H20N2O4/c1-14(19(24)21-16-8-3-2-4-9-16)26-20(25)15-7-5-10-17(13-15)22-12-6-11-18(22)23/h2-5,7-10,13-14H,6,11-12H2,1H3,(H,21,24)/t14-/m1/s1. The third-order valence-corrected chi connectivity index (χ3v) is 4.16. The number of nitrogens with one attached hydrogen (secondary N) is 1. The molecule has 0 aliphatic carbocycles. The Kier molecular flexibility index (Phi) is 5.31. The Morgan fingerprint density at radius 3 is 2.58 bits per heavy atom. The molecule has 1 heterocycles. The summed E-state index contributed by atoms with van der Waals surface area (Å²) in [5, 5.41) is 2.69. The minimum Gasteiger partial charge on any atom is -0.449 e. The van der Waals surface area contributed by atoms with Gasteiger partial charge in [0, 0.05) is 24.3 Å². The number of rotatable bonds is 5. The smallest absolute Gasteiger partial charge is 0.338 e. The molecular formula is C20H20N2O4. The number of benzene rings is 2. The molecule has 0 bridgehead atoms. The third kappa shape index (κ3) is 4.08. The molecule has 2 amide bonds. The topological polar surface area (TPSA) is 75.7 Å². The summed E-state index contributed by atoms with van der Waals surface area (Å²) in [6.45, 7) is 2.16. The lowest BCUT2D eigenvalue weighted by atomic mass is 10.2. The fraction of sp³-hybridized carbons (Fsp3) is 0.250. The van der Waals surface area contributed by atoms with E-state index in [1.807, 2.05) is 6.07 Å². The Hall–Kier alpha value is -3.15. The molecule has 6 nitrogen and oxygen atoms in total. The van der Waals surface area contributed by atoms with Crippen molar-refractivity contribution in [2.24, 2.45) is 0 Å². The van der Waals surface area contributed by atoms with E-state index in [2.05, 4.69) is 5.32 Å². The molecule has 134 valence electrons. The van der Waals surface area contributed by atoms with Gasteiger partial charge in [0.05, 0.1) is 5.56 Å². The molecule has 2 aromatic carbocycles. The molecule has 2 aromatic rings. The van der Waals surface area contributed by atoms with Gasteiger partial charge >= 0.3 is 5.97 Å². The van der Waals surface area contributed by atoms with Crippen molar-refractivity contribution in [1.82, 2.24) is 0 Å². The first-order valence-corrected chi connectivity index (χ1v) is 8.52. The van der Waals surface area contributed by atoms with Crippen molar-refractivity contribution in [2.45, 2.75) is 25.9 Å². The van der Waals surface area contributed by atoms with Crippen LogP contribution < -0.4 is 10.2 Å². The Morgan fingerprint density at radius 1 is 1.12 bits per heavy atom. The summed E-state index contributed by atoms with van der Waals surface area (Å²) in [4.78, 5) is 38.0. The molecule has 0 aromatic heterocycles. The van der Waals surface area contributed by atoms with Crippen LogP contribution in [0.15, 0.2) is 54.6 Å². The molecule has 0 radical (unpaired) electrons. The number of carbonyl (C=O) groups is 3. The number of hydrogen-bond donors (Lipinski definition) is 1. The minimum absolute atomic E-state index is 0.0473. The maximum absolute atomic E-state index is 12.4. The van der Waals surface area contributed by atoms with Gasteiger partial charge in [-0.3, -0.25) is 9.59 Å². The van der Waals surface area contributed by atoms with E-state index in [4.69, 9.17) is 4.74 Å². The van der Waals surface area contributed by atoms with Gasteiger partial charge in [0.1, 0.15) is 0 Å². The summed E-state index contributed by atoms with van der Waals surface area (Å²) in [6.07, 6.45) is 0.384. The quantitative estimate of drug-likeness (QED) is 0.840. The van der Waals surface area contributed by atoms with Gasteiger partial charge < -0.3 is 15.0 Å². The molecule has 1 saturated heterocycles. The van der Waals surface area contributed by atoms with E-state index in [1.54, 1.807) is 53.4 Å². The van der Waals surface area contributed by atoms with Crippen molar-refractivity contribution < 1.29 is 19.1 Å². The molecule has 1 fully saturated rings. The molecule has 6 heteroatoms. The van der Waals surface area contributed by atoms with Crippen molar-refractivity contribution in [3.63, 3.8) is 0 Å². The Balaban J connectivity index is 1.64. The highest BCUT2D eigenvalue weighted by Crippen LogP contribution is 2.22. The van der Waals surface area contributed by atoms with Gasteiger partial charge in [0.25, 0.3) is 5.91 Å². The molecule has 1 N–H and O–H groups in total. The van der Waals surface area contributed by atoms with Gasteiger partial charge in [-0.2, -0.15) is 0 Å². The van der Waals surface area contributed by atoms with Crippen molar-refractivity contribution in [3.8, 4) is 0 Å². The van der Waals surface area contributed by atoms with Gasteiger partial charge in [-0.1, -0.05) is 24.3 Å². The highest BCUT2D eigenvalue weighted by Gasteiger charge is 2.23. The average Bonchev–Trinajstić information content (AvgIpc) is 3.08. The lowest BCUT2D eigenvalue weighted by Crippen LogP contribution is -2.30. The fourth-order valence-corrected chi connectivity index (χ4v) is 2.77. The first kappa shape index (κ1) is 17.7. The molecule has 26 heavy (non-hydrogen) atoms.